The Morgan fingerprint density at radius 3 is 2.57 bits per heavy atom. The second-order valence-corrected chi connectivity index (χ2v) is 6.13. The van der Waals surface area contributed by atoms with Crippen molar-refractivity contribution in [2.75, 3.05) is 19.8 Å². The van der Waals surface area contributed by atoms with Gasteiger partial charge in [0.05, 0.1) is 0 Å². The number of ether oxygens (including phenoxy) is 1. The van der Waals surface area contributed by atoms with E-state index in [1.165, 1.54) is 5.56 Å². The summed E-state index contributed by atoms with van der Waals surface area (Å²) in [6, 6.07) is 13.5. The van der Waals surface area contributed by atoms with Gasteiger partial charge in [-0.25, -0.2) is 0 Å². The number of nitrogens with one attached hydrogen (secondary N) is 1. The summed E-state index contributed by atoms with van der Waals surface area (Å²) < 4.78 is 5.53. The molecular formula is C19H22N2O2. The molecule has 0 atom stereocenters. The van der Waals surface area contributed by atoms with Crippen LogP contribution >= 0.6 is 0 Å². The molecule has 1 N–H and O–H groups in total. The second kappa shape index (κ2) is 6.92. The third-order valence-electron chi connectivity index (χ3n) is 4.60. The number of carbonyl (C=O) groups is 1. The molecule has 1 saturated heterocycles. The van der Waals surface area contributed by atoms with Gasteiger partial charge in [-0.2, -0.15) is 0 Å². The van der Waals surface area contributed by atoms with Crippen molar-refractivity contribution in [3.63, 3.8) is 0 Å². The molecule has 0 bridgehead atoms. The van der Waals surface area contributed by atoms with Gasteiger partial charge in [0.2, 0.25) is 0 Å². The fourth-order valence-corrected chi connectivity index (χ4v) is 3.05. The summed E-state index contributed by atoms with van der Waals surface area (Å²) in [7, 11) is 0. The Morgan fingerprint density at radius 2 is 1.91 bits per heavy atom. The van der Waals surface area contributed by atoms with E-state index >= 15 is 0 Å². The van der Waals surface area contributed by atoms with Gasteiger partial charge in [0.25, 0.3) is 5.91 Å². The minimum Gasteiger partial charge on any atom is -0.381 e. The molecule has 2 heterocycles. The average Bonchev–Trinajstić information content (AvgIpc) is 2.62. The molecule has 1 aromatic carbocycles. The first-order chi connectivity index (χ1) is 11.2. The van der Waals surface area contributed by atoms with Crippen LogP contribution in [0.25, 0.3) is 0 Å². The summed E-state index contributed by atoms with van der Waals surface area (Å²) in [5.74, 6) is -0.0310. The SMILES string of the molecule is Cc1ccc(C2(CNC(=O)c3ccccc3)CCOCC2)cn1. The zero-order valence-electron chi connectivity index (χ0n) is 13.4. The molecule has 2 aromatic rings. The van der Waals surface area contributed by atoms with Gasteiger partial charge in [0, 0.05) is 42.6 Å². The Kier molecular flexibility index (Phi) is 4.72. The van der Waals surface area contributed by atoms with E-state index in [0.717, 1.165) is 31.7 Å². The maximum Gasteiger partial charge on any atom is 0.251 e. The van der Waals surface area contributed by atoms with Crippen LogP contribution in [0.4, 0.5) is 0 Å². The standard InChI is InChI=1S/C19H22N2O2/c1-15-7-8-17(13-20-15)19(9-11-23-12-10-19)14-21-18(22)16-5-3-2-4-6-16/h2-8,13H,9-12,14H2,1H3,(H,21,22). The highest BCUT2D eigenvalue weighted by atomic mass is 16.5. The van der Waals surface area contributed by atoms with Gasteiger partial charge in [-0.3, -0.25) is 9.78 Å². The number of hydrogen-bond acceptors (Lipinski definition) is 3. The van der Waals surface area contributed by atoms with Gasteiger partial charge in [-0.05, 0) is 43.5 Å². The van der Waals surface area contributed by atoms with Gasteiger partial charge < -0.3 is 10.1 Å². The summed E-state index contributed by atoms with van der Waals surface area (Å²) in [6.07, 6.45) is 3.73. The number of nitrogens with zero attached hydrogens (tertiary/aromatic N) is 1. The lowest BCUT2D eigenvalue weighted by Gasteiger charge is -2.37. The van der Waals surface area contributed by atoms with Crippen molar-refractivity contribution in [1.29, 1.82) is 0 Å². The van der Waals surface area contributed by atoms with E-state index in [1.54, 1.807) is 0 Å². The molecule has 0 saturated carbocycles. The average molecular weight is 310 g/mol. The molecule has 0 unspecified atom stereocenters. The fraction of sp³-hybridized carbons (Fsp3) is 0.368. The van der Waals surface area contributed by atoms with Crippen molar-refractivity contribution in [2.45, 2.75) is 25.2 Å². The van der Waals surface area contributed by atoms with Crippen molar-refractivity contribution >= 4 is 5.91 Å². The van der Waals surface area contributed by atoms with Gasteiger partial charge >= 0.3 is 0 Å². The highest BCUT2D eigenvalue weighted by molar-refractivity contribution is 5.94. The molecule has 0 aliphatic carbocycles. The molecule has 1 amide bonds. The molecule has 1 fully saturated rings. The predicted molar refractivity (Wildman–Crippen MR) is 89.5 cm³/mol. The van der Waals surface area contributed by atoms with E-state index in [2.05, 4.69) is 16.4 Å². The molecule has 1 aromatic heterocycles. The summed E-state index contributed by atoms with van der Waals surface area (Å²) in [5, 5.41) is 3.10. The number of hydrogen-bond donors (Lipinski definition) is 1. The van der Waals surface area contributed by atoms with Crippen LogP contribution in [0.15, 0.2) is 48.7 Å². The molecular weight excluding hydrogens is 288 g/mol. The van der Waals surface area contributed by atoms with Crippen LogP contribution in [0, 0.1) is 6.92 Å². The van der Waals surface area contributed by atoms with Crippen LogP contribution in [-0.4, -0.2) is 30.6 Å². The lowest BCUT2D eigenvalue weighted by atomic mass is 9.74. The van der Waals surface area contributed by atoms with Gasteiger partial charge in [-0.1, -0.05) is 24.3 Å². The number of carbonyl (C=O) groups excluding carboxylic acids is 1. The summed E-state index contributed by atoms with van der Waals surface area (Å²) in [5.41, 5.74) is 2.78. The van der Waals surface area contributed by atoms with E-state index < -0.39 is 0 Å². The van der Waals surface area contributed by atoms with Crippen molar-refractivity contribution < 1.29 is 9.53 Å². The summed E-state index contributed by atoms with van der Waals surface area (Å²) in [6.45, 7) is 4.02. The predicted octanol–water partition coefficient (Wildman–Crippen LogP) is 2.87. The number of benzene rings is 1. The van der Waals surface area contributed by atoms with Gasteiger partial charge in [-0.15, -0.1) is 0 Å². The number of aromatic nitrogens is 1. The van der Waals surface area contributed by atoms with Gasteiger partial charge in [0.1, 0.15) is 0 Å². The first-order valence-corrected chi connectivity index (χ1v) is 8.04. The molecule has 120 valence electrons. The van der Waals surface area contributed by atoms with E-state index in [4.69, 9.17) is 4.74 Å². The highest BCUT2D eigenvalue weighted by Crippen LogP contribution is 2.34. The quantitative estimate of drug-likeness (QED) is 0.945. The van der Waals surface area contributed by atoms with Crippen molar-refractivity contribution in [3.8, 4) is 0 Å². The van der Waals surface area contributed by atoms with Crippen molar-refractivity contribution in [1.82, 2.24) is 10.3 Å². The zero-order valence-corrected chi connectivity index (χ0v) is 13.4. The third-order valence-corrected chi connectivity index (χ3v) is 4.60. The van der Waals surface area contributed by atoms with Crippen LogP contribution in [0.1, 0.15) is 34.5 Å². The Hall–Kier alpha value is -2.20. The maximum atomic E-state index is 12.4. The van der Waals surface area contributed by atoms with Gasteiger partial charge in [0.15, 0.2) is 0 Å². The normalized spacial score (nSPS) is 16.7. The summed E-state index contributed by atoms with van der Waals surface area (Å²) in [4.78, 5) is 16.8. The third kappa shape index (κ3) is 3.59. The topological polar surface area (TPSA) is 51.2 Å². The minimum atomic E-state index is -0.0939. The van der Waals surface area contributed by atoms with E-state index in [-0.39, 0.29) is 11.3 Å². The van der Waals surface area contributed by atoms with Crippen LogP contribution in [0.3, 0.4) is 0 Å². The zero-order chi connectivity index (χ0) is 16.1. The number of amides is 1. The van der Waals surface area contributed by atoms with Crippen LogP contribution < -0.4 is 5.32 Å². The first kappa shape index (κ1) is 15.7. The van der Waals surface area contributed by atoms with Crippen LogP contribution in [-0.2, 0) is 10.2 Å². The molecule has 0 spiro atoms. The van der Waals surface area contributed by atoms with Crippen LogP contribution in [0.2, 0.25) is 0 Å². The highest BCUT2D eigenvalue weighted by Gasteiger charge is 2.35. The van der Waals surface area contributed by atoms with Crippen LogP contribution in [0.5, 0.6) is 0 Å². The first-order valence-electron chi connectivity index (χ1n) is 8.04. The van der Waals surface area contributed by atoms with E-state index in [9.17, 15) is 4.79 Å². The number of pyridine rings is 1. The number of aryl methyl sites for hydroxylation is 1. The lowest BCUT2D eigenvalue weighted by molar-refractivity contribution is 0.0486. The minimum absolute atomic E-state index is 0.0310. The summed E-state index contributed by atoms with van der Waals surface area (Å²) >= 11 is 0. The Balaban J connectivity index is 1.77. The maximum absolute atomic E-state index is 12.4. The molecule has 1 aliphatic rings. The molecule has 3 rings (SSSR count). The van der Waals surface area contributed by atoms with E-state index in [1.807, 2.05) is 49.5 Å². The monoisotopic (exact) mass is 310 g/mol. The largest absolute Gasteiger partial charge is 0.381 e. The van der Waals surface area contributed by atoms with Crippen molar-refractivity contribution in [2.24, 2.45) is 0 Å². The Labute approximate surface area is 136 Å². The molecule has 0 radical (unpaired) electrons. The molecule has 23 heavy (non-hydrogen) atoms. The van der Waals surface area contributed by atoms with E-state index in [0.29, 0.717) is 12.1 Å². The Bertz CT molecular complexity index is 647. The fourth-order valence-electron chi connectivity index (χ4n) is 3.05. The smallest absolute Gasteiger partial charge is 0.251 e. The molecule has 1 aliphatic heterocycles. The number of rotatable bonds is 4. The Morgan fingerprint density at radius 1 is 1.17 bits per heavy atom. The van der Waals surface area contributed by atoms with Crippen molar-refractivity contribution in [3.05, 3.63) is 65.5 Å². The molecule has 4 nitrogen and oxygen atoms in total. The lowest BCUT2D eigenvalue weighted by Crippen LogP contribution is -2.44. The second-order valence-electron chi connectivity index (χ2n) is 6.13. The molecule has 4 heteroatoms.